The molecule has 0 aliphatic carbocycles. The summed E-state index contributed by atoms with van der Waals surface area (Å²) in [6, 6.07) is 4.86. The van der Waals surface area contributed by atoms with Crippen LogP contribution in [0.15, 0.2) is 18.2 Å². The summed E-state index contributed by atoms with van der Waals surface area (Å²) in [5.74, 6) is 0.0463. The van der Waals surface area contributed by atoms with Crippen molar-refractivity contribution in [2.24, 2.45) is 5.92 Å². The summed E-state index contributed by atoms with van der Waals surface area (Å²) in [6.45, 7) is 3.00. The number of methoxy groups -OCH3 is 2. The number of ether oxygens (including phenoxy) is 2. The van der Waals surface area contributed by atoms with Crippen LogP contribution in [-0.2, 0) is 4.79 Å². The van der Waals surface area contributed by atoms with Gasteiger partial charge in [-0.1, -0.05) is 0 Å². The lowest BCUT2D eigenvalue weighted by molar-refractivity contribution is -0.118. The Labute approximate surface area is 101 Å². The maximum atomic E-state index is 11.9. The molecule has 1 rings (SSSR count). The van der Waals surface area contributed by atoms with Crippen LogP contribution in [0.5, 0.6) is 11.5 Å². The average molecular weight is 236 g/mol. The van der Waals surface area contributed by atoms with Gasteiger partial charge in [-0.2, -0.15) is 0 Å². The van der Waals surface area contributed by atoms with Crippen LogP contribution < -0.4 is 9.47 Å². The molecule has 0 saturated heterocycles. The Morgan fingerprint density at radius 3 is 2.18 bits per heavy atom. The summed E-state index contributed by atoms with van der Waals surface area (Å²) in [5, 5.41) is 0. The zero-order valence-corrected chi connectivity index (χ0v) is 10.4. The number of rotatable bonds is 5. The molecule has 0 spiro atoms. The molecule has 0 radical (unpaired) electrons. The topological polar surface area (TPSA) is 52.6 Å². The maximum Gasteiger partial charge on any atom is 0.173 e. The molecule has 4 heteroatoms. The molecule has 0 saturated carbocycles. The molecule has 17 heavy (non-hydrogen) atoms. The van der Waals surface area contributed by atoms with E-state index in [2.05, 4.69) is 0 Å². The van der Waals surface area contributed by atoms with Crippen LogP contribution in [0.25, 0.3) is 0 Å². The van der Waals surface area contributed by atoms with Crippen LogP contribution >= 0.6 is 0 Å². The van der Waals surface area contributed by atoms with E-state index in [1.807, 2.05) is 0 Å². The highest BCUT2D eigenvalue weighted by Crippen LogP contribution is 2.28. The number of hydrogen-bond donors (Lipinski definition) is 0. The molecule has 4 nitrogen and oxygen atoms in total. The average Bonchev–Trinajstić information content (AvgIpc) is 2.35. The first-order valence-electron chi connectivity index (χ1n) is 5.28. The fourth-order valence-corrected chi connectivity index (χ4v) is 1.42. The van der Waals surface area contributed by atoms with Crippen molar-refractivity contribution in [3.8, 4) is 11.5 Å². The monoisotopic (exact) mass is 236 g/mol. The smallest absolute Gasteiger partial charge is 0.173 e. The first-order valence-corrected chi connectivity index (χ1v) is 5.28. The minimum Gasteiger partial charge on any atom is -0.493 e. The van der Waals surface area contributed by atoms with Gasteiger partial charge in [-0.3, -0.25) is 9.59 Å². The zero-order valence-electron chi connectivity index (χ0n) is 10.4. The molecular formula is C13H16O4. The van der Waals surface area contributed by atoms with Crippen molar-refractivity contribution in [2.45, 2.75) is 13.8 Å². The van der Waals surface area contributed by atoms with E-state index < -0.39 is 5.92 Å². The van der Waals surface area contributed by atoms with Gasteiger partial charge in [0.25, 0.3) is 0 Å². The third-order valence-electron chi connectivity index (χ3n) is 2.67. The van der Waals surface area contributed by atoms with Gasteiger partial charge in [0.1, 0.15) is 5.78 Å². The predicted molar refractivity (Wildman–Crippen MR) is 63.7 cm³/mol. The molecule has 0 aliphatic rings. The Morgan fingerprint density at radius 2 is 1.71 bits per heavy atom. The number of benzene rings is 1. The predicted octanol–water partition coefficient (Wildman–Crippen LogP) is 2.11. The van der Waals surface area contributed by atoms with Gasteiger partial charge >= 0.3 is 0 Å². The number of hydrogen-bond acceptors (Lipinski definition) is 4. The summed E-state index contributed by atoms with van der Waals surface area (Å²) in [4.78, 5) is 23.1. The third-order valence-corrected chi connectivity index (χ3v) is 2.67. The molecule has 92 valence electrons. The van der Waals surface area contributed by atoms with Gasteiger partial charge in [-0.25, -0.2) is 0 Å². The van der Waals surface area contributed by atoms with Crippen LogP contribution in [0, 0.1) is 5.92 Å². The summed E-state index contributed by atoms with van der Waals surface area (Å²) >= 11 is 0. The summed E-state index contributed by atoms with van der Waals surface area (Å²) in [5.41, 5.74) is 0.449. The minimum absolute atomic E-state index is 0.148. The summed E-state index contributed by atoms with van der Waals surface area (Å²) < 4.78 is 10.2. The SMILES string of the molecule is COc1ccc(C(=O)C(C)C(C)=O)cc1OC. The van der Waals surface area contributed by atoms with Gasteiger partial charge in [0.2, 0.25) is 0 Å². The number of ketones is 2. The zero-order chi connectivity index (χ0) is 13.0. The Bertz CT molecular complexity index is 437. The van der Waals surface area contributed by atoms with Gasteiger partial charge in [0, 0.05) is 5.56 Å². The lowest BCUT2D eigenvalue weighted by Gasteiger charge is -2.11. The molecule has 0 aliphatic heterocycles. The largest absolute Gasteiger partial charge is 0.493 e. The van der Waals surface area contributed by atoms with E-state index >= 15 is 0 Å². The lowest BCUT2D eigenvalue weighted by atomic mass is 9.96. The van der Waals surface area contributed by atoms with Gasteiger partial charge in [-0.15, -0.1) is 0 Å². The highest BCUT2D eigenvalue weighted by atomic mass is 16.5. The van der Waals surface area contributed by atoms with Crippen molar-refractivity contribution < 1.29 is 19.1 Å². The van der Waals surface area contributed by atoms with E-state index in [-0.39, 0.29) is 11.6 Å². The molecule has 0 fully saturated rings. The molecule has 1 unspecified atom stereocenters. The quantitative estimate of drug-likeness (QED) is 0.580. The summed E-state index contributed by atoms with van der Waals surface area (Å²) in [6.07, 6.45) is 0. The van der Waals surface area contributed by atoms with Gasteiger partial charge in [-0.05, 0) is 32.0 Å². The normalized spacial score (nSPS) is 11.8. The van der Waals surface area contributed by atoms with Crippen molar-refractivity contribution in [2.75, 3.05) is 14.2 Å². The third kappa shape index (κ3) is 2.84. The van der Waals surface area contributed by atoms with Gasteiger partial charge in [0.05, 0.1) is 20.1 Å². The van der Waals surface area contributed by atoms with E-state index in [9.17, 15) is 9.59 Å². The van der Waals surface area contributed by atoms with Gasteiger partial charge in [0.15, 0.2) is 17.3 Å². The van der Waals surface area contributed by atoms with E-state index in [4.69, 9.17) is 9.47 Å². The Balaban J connectivity index is 3.08. The van der Waals surface area contributed by atoms with Crippen molar-refractivity contribution in [3.05, 3.63) is 23.8 Å². The van der Waals surface area contributed by atoms with E-state index in [1.165, 1.54) is 21.1 Å². The van der Waals surface area contributed by atoms with Gasteiger partial charge < -0.3 is 9.47 Å². The lowest BCUT2D eigenvalue weighted by Crippen LogP contribution is -2.18. The van der Waals surface area contributed by atoms with Crippen molar-refractivity contribution in [1.82, 2.24) is 0 Å². The minimum atomic E-state index is -0.631. The molecule has 0 bridgehead atoms. The first-order chi connectivity index (χ1) is 8.01. The van der Waals surface area contributed by atoms with E-state index in [0.717, 1.165) is 0 Å². The van der Waals surface area contributed by atoms with Crippen LogP contribution in [-0.4, -0.2) is 25.8 Å². The molecule has 0 aromatic heterocycles. The second-order valence-corrected chi connectivity index (χ2v) is 3.77. The maximum absolute atomic E-state index is 11.9. The molecule has 1 atom stereocenters. The molecule has 0 heterocycles. The Kier molecular flexibility index (Phi) is 4.26. The number of carbonyl (C=O) groups excluding carboxylic acids is 2. The van der Waals surface area contributed by atoms with Crippen LogP contribution in [0.3, 0.4) is 0 Å². The van der Waals surface area contributed by atoms with E-state index in [1.54, 1.807) is 25.1 Å². The number of Topliss-reactive ketones (excluding diaryl/α,β-unsaturated/α-hetero) is 2. The van der Waals surface area contributed by atoms with E-state index in [0.29, 0.717) is 17.1 Å². The van der Waals surface area contributed by atoms with Crippen LogP contribution in [0.4, 0.5) is 0 Å². The highest BCUT2D eigenvalue weighted by molar-refractivity contribution is 6.09. The summed E-state index contributed by atoms with van der Waals surface area (Å²) in [7, 11) is 3.03. The molecule has 1 aromatic carbocycles. The van der Waals surface area contributed by atoms with Crippen LogP contribution in [0.1, 0.15) is 24.2 Å². The number of carbonyl (C=O) groups is 2. The molecule has 0 amide bonds. The fourth-order valence-electron chi connectivity index (χ4n) is 1.42. The van der Waals surface area contributed by atoms with Crippen molar-refractivity contribution >= 4 is 11.6 Å². The van der Waals surface area contributed by atoms with Crippen LogP contribution in [0.2, 0.25) is 0 Å². The second-order valence-electron chi connectivity index (χ2n) is 3.77. The highest BCUT2D eigenvalue weighted by Gasteiger charge is 2.20. The Morgan fingerprint density at radius 1 is 1.12 bits per heavy atom. The first kappa shape index (κ1) is 13.2. The molecule has 1 aromatic rings. The second kappa shape index (κ2) is 5.48. The molecule has 0 N–H and O–H groups in total. The van der Waals surface area contributed by atoms with Crippen molar-refractivity contribution in [1.29, 1.82) is 0 Å². The molecular weight excluding hydrogens is 220 g/mol. The fraction of sp³-hybridized carbons (Fsp3) is 0.385. The standard InChI is InChI=1S/C13H16O4/c1-8(9(2)14)13(15)10-5-6-11(16-3)12(7-10)17-4/h5-8H,1-4H3. The van der Waals surface area contributed by atoms with Crippen molar-refractivity contribution in [3.63, 3.8) is 0 Å². The Hall–Kier alpha value is -1.84.